The summed E-state index contributed by atoms with van der Waals surface area (Å²) in [6.45, 7) is 0. The van der Waals surface area contributed by atoms with Crippen molar-refractivity contribution in [2.24, 2.45) is 0 Å². The SMILES string of the molecule is Nc1c([N+](=O)[O-])ccc(Br)c1F. The van der Waals surface area contributed by atoms with Gasteiger partial charge >= 0.3 is 0 Å². The number of rotatable bonds is 1. The molecule has 0 saturated heterocycles. The van der Waals surface area contributed by atoms with Crippen LogP contribution in [0.1, 0.15) is 0 Å². The van der Waals surface area contributed by atoms with Gasteiger partial charge < -0.3 is 5.73 Å². The summed E-state index contributed by atoms with van der Waals surface area (Å²) in [4.78, 5) is 9.50. The molecule has 0 heterocycles. The molecular weight excluding hydrogens is 231 g/mol. The highest BCUT2D eigenvalue weighted by Crippen LogP contribution is 2.29. The number of nitrogens with zero attached hydrogens (tertiary/aromatic N) is 1. The first kappa shape index (κ1) is 8.92. The third-order valence-corrected chi connectivity index (χ3v) is 1.92. The molecule has 0 saturated carbocycles. The summed E-state index contributed by atoms with van der Waals surface area (Å²) < 4.78 is 13.0. The summed E-state index contributed by atoms with van der Waals surface area (Å²) in [6.07, 6.45) is 0. The van der Waals surface area contributed by atoms with E-state index in [1.54, 1.807) is 0 Å². The van der Waals surface area contributed by atoms with Gasteiger partial charge in [0.2, 0.25) is 0 Å². The Balaban J connectivity index is 3.36. The van der Waals surface area contributed by atoms with E-state index in [1.807, 2.05) is 0 Å². The fraction of sp³-hybridized carbons (Fsp3) is 0. The van der Waals surface area contributed by atoms with Gasteiger partial charge in [-0.3, -0.25) is 10.1 Å². The zero-order chi connectivity index (χ0) is 9.30. The molecule has 0 fully saturated rings. The summed E-state index contributed by atoms with van der Waals surface area (Å²) in [7, 11) is 0. The van der Waals surface area contributed by atoms with E-state index >= 15 is 0 Å². The van der Waals surface area contributed by atoms with E-state index in [0.717, 1.165) is 6.07 Å². The minimum Gasteiger partial charge on any atom is -0.391 e. The number of anilines is 1. The van der Waals surface area contributed by atoms with Gasteiger partial charge in [-0.1, -0.05) is 0 Å². The topological polar surface area (TPSA) is 69.2 Å². The Morgan fingerprint density at radius 3 is 2.67 bits per heavy atom. The molecular formula is C6H4BrFN2O2. The van der Waals surface area contributed by atoms with Gasteiger partial charge in [-0.15, -0.1) is 0 Å². The van der Waals surface area contributed by atoms with Crippen molar-refractivity contribution >= 4 is 27.3 Å². The molecule has 1 aromatic rings. The molecule has 0 bridgehead atoms. The molecule has 12 heavy (non-hydrogen) atoms. The van der Waals surface area contributed by atoms with Crippen LogP contribution in [0.2, 0.25) is 0 Å². The molecule has 0 aliphatic heterocycles. The molecule has 2 N–H and O–H groups in total. The van der Waals surface area contributed by atoms with E-state index in [4.69, 9.17) is 5.73 Å². The molecule has 0 radical (unpaired) electrons. The molecule has 0 unspecified atom stereocenters. The first-order valence-electron chi connectivity index (χ1n) is 2.92. The Labute approximate surface area is 75.5 Å². The van der Waals surface area contributed by atoms with Gasteiger partial charge in [0.1, 0.15) is 5.69 Å². The van der Waals surface area contributed by atoms with Crippen LogP contribution in [0.3, 0.4) is 0 Å². The third kappa shape index (κ3) is 1.38. The summed E-state index contributed by atoms with van der Waals surface area (Å²) >= 11 is 2.85. The fourth-order valence-corrected chi connectivity index (χ4v) is 1.06. The average molecular weight is 235 g/mol. The van der Waals surface area contributed by atoms with E-state index in [0.29, 0.717) is 0 Å². The number of nitro benzene ring substituents is 1. The second-order valence-corrected chi connectivity index (χ2v) is 2.91. The maximum absolute atomic E-state index is 12.9. The van der Waals surface area contributed by atoms with Crippen LogP contribution in [-0.2, 0) is 0 Å². The Hall–Kier alpha value is -1.17. The number of halogens is 2. The van der Waals surface area contributed by atoms with Gasteiger partial charge in [-0.05, 0) is 22.0 Å². The zero-order valence-corrected chi connectivity index (χ0v) is 7.34. The van der Waals surface area contributed by atoms with Crippen molar-refractivity contribution < 1.29 is 9.31 Å². The van der Waals surface area contributed by atoms with Crippen molar-refractivity contribution in [1.82, 2.24) is 0 Å². The second kappa shape index (κ2) is 3.06. The van der Waals surface area contributed by atoms with Crippen LogP contribution < -0.4 is 5.73 Å². The summed E-state index contributed by atoms with van der Waals surface area (Å²) in [5, 5.41) is 10.2. The third-order valence-electron chi connectivity index (χ3n) is 1.31. The van der Waals surface area contributed by atoms with Crippen LogP contribution in [0.4, 0.5) is 15.8 Å². The number of hydrogen-bond donors (Lipinski definition) is 1. The predicted molar refractivity (Wildman–Crippen MR) is 45.2 cm³/mol. The average Bonchev–Trinajstić information content (AvgIpc) is 2.00. The smallest absolute Gasteiger partial charge is 0.295 e. The van der Waals surface area contributed by atoms with Gasteiger partial charge in [0.15, 0.2) is 5.82 Å². The molecule has 0 aliphatic carbocycles. The van der Waals surface area contributed by atoms with Gasteiger partial charge in [0.05, 0.1) is 9.40 Å². The van der Waals surface area contributed by atoms with Crippen LogP contribution in [-0.4, -0.2) is 4.92 Å². The van der Waals surface area contributed by atoms with Crippen LogP contribution >= 0.6 is 15.9 Å². The molecule has 0 spiro atoms. The Kier molecular flexibility index (Phi) is 2.27. The minimum atomic E-state index is -0.802. The molecule has 1 aromatic carbocycles. The van der Waals surface area contributed by atoms with Crippen LogP contribution in [0.5, 0.6) is 0 Å². The summed E-state index contributed by atoms with van der Waals surface area (Å²) in [5.74, 6) is -0.802. The molecule has 64 valence electrons. The molecule has 0 aliphatic rings. The monoisotopic (exact) mass is 234 g/mol. The van der Waals surface area contributed by atoms with Crippen LogP contribution in [0.15, 0.2) is 16.6 Å². The lowest BCUT2D eigenvalue weighted by Gasteiger charge is -1.99. The van der Waals surface area contributed by atoms with E-state index in [2.05, 4.69) is 15.9 Å². The van der Waals surface area contributed by atoms with Crippen molar-refractivity contribution in [3.8, 4) is 0 Å². The number of nitrogens with two attached hydrogens (primary N) is 1. The highest BCUT2D eigenvalue weighted by atomic mass is 79.9. The first-order chi connectivity index (χ1) is 5.54. The lowest BCUT2D eigenvalue weighted by Crippen LogP contribution is -1.98. The highest BCUT2D eigenvalue weighted by Gasteiger charge is 2.16. The largest absolute Gasteiger partial charge is 0.391 e. The van der Waals surface area contributed by atoms with Gasteiger partial charge in [0.25, 0.3) is 5.69 Å². The summed E-state index contributed by atoms with van der Waals surface area (Å²) in [6, 6.07) is 2.38. The van der Waals surface area contributed by atoms with Gasteiger partial charge in [0, 0.05) is 6.07 Å². The van der Waals surface area contributed by atoms with E-state index < -0.39 is 22.1 Å². The standard InChI is InChI=1S/C6H4BrFN2O2/c7-3-1-2-4(10(11)12)6(9)5(3)8/h1-2H,9H2. The Morgan fingerprint density at radius 2 is 2.17 bits per heavy atom. The summed E-state index contributed by atoms with van der Waals surface area (Å²) in [5.41, 5.74) is 4.27. The van der Waals surface area contributed by atoms with Gasteiger partial charge in [-0.2, -0.15) is 0 Å². The maximum Gasteiger partial charge on any atom is 0.295 e. The van der Waals surface area contributed by atoms with Crippen molar-refractivity contribution in [2.75, 3.05) is 5.73 Å². The minimum absolute atomic E-state index is 0.116. The fourth-order valence-electron chi connectivity index (χ4n) is 0.715. The molecule has 0 amide bonds. The maximum atomic E-state index is 12.9. The van der Waals surface area contributed by atoms with Crippen molar-refractivity contribution in [2.45, 2.75) is 0 Å². The second-order valence-electron chi connectivity index (χ2n) is 2.05. The molecule has 0 atom stereocenters. The lowest BCUT2D eigenvalue weighted by molar-refractivity contribution is -0.384. The Bertz CT molecular complexity index is 343. The number of nitro groups is 1. The van der Waals surface area contributed by atoms with E-state index in [9.17, 15) is 14.5 Å². The van der Waals surface area contributed by atoms with Gasteiger partial charge in [-0.25, -0.2) is 4.39 Å². The number of hydrogen-bond acceptors (Lipinski definition) is 3. The van der Waals surface area contributed by atoms with E-state index in [1.165, 1.54) is 6.07 Å². The lowest BCUT2D eigenvalue weighted by atomic mass is 10.2. The Morgan fingerprint density at radius 1 is 1.58 bits per heavy atom. The quantitative estimate of drug-likeness (QED) is 0.460. The first-order valence-corrected chi connectivity index (χ1v) is 3.71. The molecule has 1 rings (SSSR count). The molecule has 4 nitrogen and oxygen atoms in total. The van der Waals surface area contributed by atoms with Crippen LogP contribution in [0.25, 0.3) is 0 Å². The molecule has 6 heteroatoms. The predicted octanol–water partition coefficient (Wildman–Crippen LogP) is 2.08. The van der Waals surface area contributed by atoms with Crippen molar-refractivity contribution in [3.05, 3.63) is 32.5 Å². The highest BCUT2D eigenvalue weighted by molar-refractivity contribution is 9.10. The number of nitrogen functional groups attached to an aromatic ring is 1. The van der Waals surface area contributed by atoms with Crippen molar-refractivity contribution in [1.29, 1.82) is 0 Å². The van der Waals surface area contributed by atoms with Crippen LogP contribution in [0, 0.1) is 15.9 Å². The normalized spacial score (nSPS) is 9.83. The zero-order valence-electron chi connectivity index (χ0n) is 5.75. The van der Waals surface area contributed by atoms with Crippen molar-refractivity contribution in [3.63, 3.8) is 0 Å². The molecule has 0 aromatic heterocycles. The van der Waals surface area contributed by atoms with E-state index in [-0.39, 0.29) is 4.47 Å². The number of benzene rings is 1.